The average Bonchev–Trinajstić information content (AvgIpc) is 1.25. The van der Waals surface area contributed by atoms with Gasteiger partial charge in [-0.15, -0.1) is 12.4 Å². The third-order valence-corrected chi connectivity index (χ3v) is 0. The van der Waals surface area contributed by atoms with Gasteiger partial charge in [0.2, 0.25) is 0 Å². The first kappa shape index (κ1) is 22.4. The summed E-state index contributed by atoms with van der Waals surface area (Å²) in [5.74, 6) is 2.83. The Balaban J connectivity index is -0.0000000300. The summed E-state index contributed by atoms with van der Waals surface area (Å²) in [4.78, 5) is 0. The van der Waals surface area contributed by atoms with Gasteiger partial charge in [0.25, 0.3) is 0 Å². The van der Waals surface area contributed by atoms with Crippen molar-refractivity contribution < 1.29 is 20.4 Å². The van der Waals surface area contributed by atoms with E-state index in [1.165, 1.54) is 11.8 Å². The molecule has 0 amide bonds. The van der Waals surface area contributed by atoms with Crippen LogP contribution in [0.25, 0.3) is 0 Å². The van der Waals surface area contributed by atoms with E-state index in [1.54, 1.807) is 0 Å². The fourth-order valence-electron chi connectivity index (χ4n) is 0. The van der Waals surface area contributed by atoms with Crippen molar-refractivity contribution in [1.29, 1.82) is 0 Å². The van der Waals surface area contributed by atoms with E-state index in [0.717, 1.165) is 0 Å². The van der Waals surface area contributed by atoms with Crippen molar-refractivity contribution in [3.63, 3.8) is 0 Å². The van der Waals surface area contributed by atoms with E-state index < -0.39 is 0 Å². The standard InChI is InChI=1S/2C4H9.ClH.Pd/c2*1-4(2)3;;/h2*1-3H3;1H;/q2*-1;;+2. The Bertz CT molecular complexity index is 24.7. The first-order chi connectivity index (χ1) is 3.46. The van der Waals surface area contributed by atoms with Crippen molar-refractivity contribution in [2.24, 2.45) is 0 Å². The average molecular weight is 257 g/mol. The Morgan fingerprint density at radius 3 is 0.600 bits per heavy atom. The van der Waals surface area contributed by atoms with E-state index >= 15 is 0 Å². The molecule has 2 heteroatoms. The molecule has 0 unspecified atom stereocenters. The first-order valence-electron chi connectivity index (χ1n) is 3.00. The summed E-state index contributed by atoms with van der Waals surface area (Å²) >= 11 is 0. The second-order valence-electron chi connectivity index (χ2n) is 3.00. The van der Waals surface area contributed by atoms with E-state index in [-0.39, 0.29) is 32.8 Å². The summed E-state index contributed by atoms with van der Waals surface area (Å²) in [6.45, 7) is 12.5. The molecule has 0 aliphatic carbocycles. The summed E-state index contributed by atoms with van der Waals surface area (Å²) in [7, 11) is 0. The molecule has 0 aromatic carbocycles. The van der Waals surface area contributed by atoms with Crippen LogP contribution in [0.4, 0.5) is 0 Å². The zero-order valence-corrected chi connectivity index (χ0v) is 10.1. The fourth-order valence-corrected chi connectivity index (χ4v) is 0. The van der Waals surface area contributed by atoms with E-state index in [4.69, 9.17) is 0 Å². The zero-order chi connectivity index (χ0) is 7.15. The maximum Gasteiger partial charge on any atom is 2.00 e. The molecule has 0 rings (SSSR count). The third kappa shape index (κ3) is 624. The predicted octanol–water partition coefficient (Wildman–Crippen LogP) is 3.66. The molecule has 0 saturated heterocycles. The molecule has 0 radical (unpaired) electrons. The monoisotopic (exact) mass is 256 g/mol. The Kier molecular flexibility index (Phi) is 37.0. The second-order valence-corrected chi connectivity index (χ2v) is 3.00. The van der Waals surface area contributed by atoms with Gasteiger partial charge in [0.1, 0.15) is 0 Å². The Morgan fingerprint density at radius 1 is 0.600 bits per heavy atom. The van der Waals surface area contributed by atoms with Gasteiger partial charge in [-0.05, 0) is 0 Å². The van der Waals surface area contributed by atoms with Gasteiger partial charge >= 0.3 is 20.4 Å². The van der Waals surface area contributed by atoms with Gasteiger partial charge in [0.05, 0.1) is 0 Å². The Morgan fingerprint density at radius 2 is 0.600 bits per heavy atom. The van der Waals surface area contributed by atoms with Gasteiger partial charge in [0, 0.05) is 0 Å². The number of hydrogen-bond donors (Lipinski definition) is 0. The van der Waals surface area contributed by atoms with Crippen LogP contribution in [-0.2, 0) is 20.4 Å². The molecular weight excluding hydrogens is 238 g/mol. The SMILES string of the molecule is C[C-](C)C.C[C-](C)C.Cl.[Pd+2]. The van der Waals surface area contributed by atoms with E-state index in [9.17, 15) is 0 Å². The molecule has 0 aliphatic rings. The summed E-state index contributed by atoms with van der Waals surface area (Å²) in [5, 5.41) is 0. The van der Waals surface area contributed by atoms with Crippen molar-refractivity contribution in [3.8, 4) is 0 Å². The van der Waals surface area contributed by atoms with Crippen LogP contribution in [0, 0.1) is 11.8 Å². The smallest absolute Gasteiger partial charge is 0.323 e. The van der Waals surface area contributed by atoms with Crippen LogP contribution in [0.1, 0.15) is 41.5 Å². The molecule has 0 atom stereocenters. The molecule has 0 nitrogen and oxygen atoms in total. The van der Waals surface area contributed by atoms with Crippen LogP contribution < -0.4 is 0 Å². The van der Waals surface area contributed by atoms with Gasteiger partial charge in [-0.1, -0.05) is 0 Å². The van der Waals surface area contributed by atoms with Crippen molar-refractivity contribution in [2.75, 3.05) is 0 Å². The van der Waals surface area contributed by atoms with Crippen molar-refractivity contribution in [2.45, 2.75) is 41.5 Å². The topological polar surface area (TPSA) is 0 Å². The normalized spacial score (nSPS) is 7.20. The van der Waals surface area contributed by atoms with Gasteiger partial charge < -0.3 is 11.8 Å². The van der Waals surface area contributed by atoms with Gasteiger partial charge in [-0.2, -0.15) is 41.5 Å². The van der Waals surface area contributed by atoms with Crippen molar-refractivity contribution in [3.05, 3.63) is 11.8 Å². The minimum Gasteiger partial charge on any atom is -0.323 e. The summed E-state index contributed by atoms with van der Waals surface area (Å²) in [5.41, 5.74) is 0. The molecule has 0 fully saturated rings. The molecule has 0 saturated carbocycles. The van der Waals surface area contributed by atoms with Gasteiger partial charge in [-0.3, -0.25) is 0 Å². The fraction of sp³-hybridized carbons (Fsp3) is 0.750. The van der Waals surface area contributed by atoms with E-state index in [1.807, 2.05) is 0 Å². The maximum atomic E-state index is 2.08. The van der Waals surface area contributed by atoms with Crippen LogP contribution in [0.3, 0.4) is 0 Å². The minimum atomic E-state index is 0. The van der Waals surface area contributed by atoms with Gasteiger partial charge in [-0.25, -0.2) is 0 Å². The molecule has 0 bridgehead atoms. The zero-order valence-electron chi connectivity index (χ0n) is 7.72. The van der Waals surface area contributed by atoms with Crippen LogP contribution in [0.5, 0.6) is 0 Å². The Hall–Kier alpha value is 0.952. The molecule has 68 valence electrons. The number of halogens is 1. The molecule has 0 aromatic heterocycles. The first-order valence-corrected chi connectivity index (χ1v) is 3.00. The molecule has 0 N–H and O–H groups in total. The predicted molar refractivity (Wildman–Crippen MR) is 47.8 cm³/mol. The summed E-state index contributed by atoms with van der Waals surface area (Å²) < 4.78 is 0. The minimum absolute atomic E-state index is 0. The molecule has 10 heavy (non-hydrogen) atoms. The molecule has 0 heterocycles. The van der Waals surface area contributed by atoms with Crippen molar-refractivity contribution >= 4 is 12.4 Å². The molecule has 0 aliphatic heterocycles. The molecule has 0 spiro atoms. The number of rotatable bonds is 0. The number of hydrogen-bond acceptors (Lipinski definition) is 0. The quantitative estimate of drug-likeness (QED) is 0.459. The van der Waals surface area contributed by atoms with Crippen LogP contribution in [0.15, 0.2) is 0 Å². The molecule has 0 aromatic rings. The van der Waals surface area contributed by atoms with E-state index in [2.05, 4.69) is 41.5 Å². The van der Waals surface area contributed by atoms with Crippen LogP contribution in [0.2, 0.25) is 0 Å². The summed E-state index contributed by atoms with van der Waals surface area (Å²) in [6.07, 6.45) is 0. The maximum absolute atomic E-state index is 2.08. The van der Waals surface area contributed by atoms with Crippen LogP contribution in [-0.4, -0.2) is 0 Å². The Labute approximate surface area is 86.2 Å². The third-order valence-electron chi connectivity index (χ3n) is 0. The largest absolute Gasteiger partial charge is 2.00 e. The van der Waals surface area contributed by atoms with Crippen molar-refractivity contribution in [1.82, 2.24) is 0 Å². The molecular formula is C8H19ClPd. The van der Waals surface area contributed by atoms with Crippen LogP contribution >= 0.6 is 12.4 Å². The van der Waals surface area contributed by atoms with Gasteiger partial charge in [0.15, 0.2) is 0 Å². The second kappa shape index (κ2) is 16.5. The summed E-state index contributed by atoms with van der Waals surface area (Å²) in [6, 6.07) is 0. The van der Waals surface area contributed by atoms with E-state index in [0.29, 0.717) is 0 Å².